The second kappa shape index (κ2) is 11.2. The summed E-state index contributed by atoms with van der Waals surface area (Å²) in [4.78, 5) is 42.8. The summed E-state index contributed by atoms with van der Waals surface area (Å²) in [6.07, 6.45) is 1.57. The van der Waals surface area contributed by atoms with Crippen LogP contribution in [0.5, 0.6) is 0 Å². The van der Waals surface area contributed by atoms with Gasteiger partial charge in [0.2, 0.25) is 11.8 Å². The lowest BCUT2D eigenvalue weighted by molar-refractivity contribution is -0.140. The molecule has 36 heavy (non-hydrogen) atoms. The van der Waals surface area contributed by atoms with Gasteiger partial charge in [-0.3, -0.25) is 14.4 Å². The van der Waals surface area contributed by atoms with Gasteiger partial charge in [-0.1, -0.05) is 59.3 Å². The van der Waals surface area contributed by atoms with E-state index in [-0.39, 0.29) is 30.2 Å². The van der Waals surface area contributed by atoms with Crippen LogP contribution in [0.4, 0.5) is 5.69 Å². The molecule has 0 unspecified atom stereocenters. The number of halogens is 1. The zero-order valence-electron chi connectivity index (χ0n) is 21.0. The predicted octanol–water partition coefficient (Wildman–Crippen LogP) is 5.67. The van der Waals surface area contributed by atoms with Crippen molar-refractivity contribution in [3.05, 3.63) is 76.3 Å². The van der Waals surface area contributed by atoms with Gasteiger partial charge in [-0.05, 0) is 61.9 Å². The fourth-order valence-electron chi connectivity index (χ4n) is 4.57. The van der Waals surface area contributed by atoms with E-state index in [0.29, 0.717) is 25.1 Å². The number of anilines is 1. The summed E-state index contributed by atoms with van der Waals surface area (Å²) in [5, 5.41) is 5.01. The zero-order valence-corrected chi connectivity index (χ0v) is 22.5. The lowest BCUT2D eigenvalue weighted by Gasteiger charge is -2.30. The Balaban J connectivity index is 1.46. The molecule has 4 rings (SSSR count). The predicted molar refractivity (Wildman–Crippen MR) is 147 cm³/mol. The van der Waals surface area contributed by atoms with Crippen molar-refractivity contribution >= 4 is 50.1 Å². The molecule has 0 radical (unpaired) electrons. The standard InChI is InChI=1S/C29H32BrN3O3/c1-4-19(2)31-28(35)20(3)33(18-21-13-15-23(30)16-14-21)26(34)12-7-17-32-25-11-6-9-22-8-5-10-24(27(22)25)29(32)36/h5-6,8-11,13-16,19-20H,4,7,12,17-18H2,1-3H3,(H,31,35)/t19-,20-/m1/s1. The molecule has 6 nitrogen and oxygen atoms in total. The molecule has 0 spiro atoms. The number of amides is 3. The van der Waals surface area contributed by atoms with Gasteiger partial charge >= 0.3 is 0 Å². The molecule has 3 amide bonds. The van der Waals surface area contributed by atoms with Crippen LogP contribution in [0.3, 0.4) is 0 Å². The van der Waals surface area contributed by atoms with E-state index in [1.165, 1.54) is 0 Å². The van der Waals surface area contributed by atoms with Gasteiger partial charge < -0.3 is 15.1 Å². The second-order valence-electron chi connectivity index (χ2n) is 9.38. The number of nitrogens with one attached hydrogen (secondary N) is 1. The Morgan fingerprint density at radius 2 is 1.72 bits per heavy atom. The molecule has 0 saturated heterocycles. The van der Waals surface area contributed by atoms with Gasteiger partial charge in [0.15, 0.2) is 0 Å². The molecule has 188 valence electrons. The summed E-state index contributed by atoms with van der Waals surface area (Å²) >= 11 is 3.44. The first-order valence-corrected chi connectivity index (χ1v) is 13.3. The summed E-state index contributed by atoms with van der Waals surface area (Å²) in [5.74, 6) is -0.291. The Kier molecular flexibility index (Phi) is 8.09. The van der Waals surface area contributed by atoms with Crippen LogP contribution in [0, 0.1) is 0 Å². The summed E-state index contributed by atoms with van der Waals surface area (Å²) in [5.41, 5.74) is 2.56. The largest absolute Gasteiger partial charge is 0.352 e. The third-order valence-electron chi connectivity index (χ3n) is 6.86. The summed E-state index contributed by atoms with van der Waals surface area (Å²) in [6, 6.07) is 18.9. The van der Waals surface area contributed by atoms with E-state index >= 15 is 0 Å². The molecular formula is C29H32BrN3O3. The maximum absolute atomic E-state index is 13.4. The van der Waals surface area contributed by atoms with Gasteiger partial charge in [-0.15, -0.1) is 0 Å². The number of carbonyl (C=O) groups excluding carboxylic acids is 3. The van der Waals surface area contributed by atoms with E-state index in [9.17, 15) is 14.4 Å². The van der Waals surface area contributed by atoms with Crippen LogP contribution < -0.4 is 10.2 Å². The van der Waals surface area contributed by atoms with E-state index in [1.54, 1.807) is 16.7 Å². The van der Waals surface area contributed by atoms with Crippen molar-refractivity contribution in [3.8, 4) is 0 Å². The SMILES string of the molecule is CC[C@@H](C)NC(=O)[C@@H](C)N(Cc1ccc(Br)cc1)C(=O)CCCN1C(=O)c2cccc3cccc1c23. The van der Waals surface area contributed by atoms with E-state index in [1.807, 2.05) is 74.5 Å². The van der Waals surface area contributed by atoms with Gasteiger partial charge in [-0.25, -0.2) is 0 Å². The van der Waals surface area contributed by atoms with Crippen LogP contribution in [-0.2, 0) is 16.1 Å². The molecule has 0 bridgehead atoms. The van der Waals surface area contributed by atoms with E-state index in [2.05, 4.69) is 21.2 Å². The Labute approximate surface area is 220 Å². The van der Waals surface area contributed by atoms with E-state index in [4.69, 9.17) is 0 Å². The molecule has 3 aromatic carbocycles. The first-order chi connectivity index (χ1) is 17.3. The van der Waals surface area contributed by atoms with Gasteiger partial charge in [0.25, 0.3) is 5.91 Å². The van der Waals surface area contributed by atoms with Crippen LogP contribution in [0.2, 0.25) is 0 Å². The monoisotopic (exact) mass is 549 g/mol. The van der Waals surface area contributed by atoms with Gasteiger partial charge in [0.1, 0.15) is 6.04 Å². The topological polar surface area (TPSA) is 69.7 Å². The van der Waals surface area contributed by atoms with Crippen molar-refractivity contribution in [2.24, 2.45) is 0 Å². The highest BCUT2D eigenvalue weighted by Gasteiger charge is 2.30. The molecule has 1 aliphatic heterocycles. The van der Waals surface area contributed by atoms with Crippen molar-refractivity contribution in [2.45, 2.75) is 58.7 Å². The minimum atomic E-state index is -0.610. The summed E-state index contributed by atoms with van der Waals surface area (Å²) < 4.78 is 0.956. The minimum absolute atomic E-state index is 0.0257. The Bertz CT molecular complexity index is 1270. The maximum Gasteiger partial charge on any atom is 0.258 e. The van der Waals surface area contributed by atoms with Crippen molar-refractivity contribution in [1.29, 1.82) is 0 Å². The van der Waals surface area contributed by atoms with Crippen LogP contribution in [0.25, 0.3) is 10.8 Å². The zero-order chi connectivity index (χ0) is 25.8. The van der Waals surface area contributed by atoms with Crippen LogP contribution >= 0.6 is 15.9 Å². The summed E-state index contributed by atoms with van der Waals surface area (Å²) in [7, 11) is 0. The van der Waals surface area contributed by atoms with Gasteiger partial charge in [-0.2, -0.15) is 0 Å². The van der Waals surface area contributed by atoms with Crippen molar-refractivity contribution < 1.29 is 14.4 Å². The lowest BCUT2D eigenvalue weighted by Crippen LogP contribution is -2.49. The number of carbonyl (C=O) groups is 3. The number of hydrogen-bond acceptors (Lipinski definition) is 3. The van der Waals surface area contributed by atoms with Crippen LogP contribution in [-0.4, -0.2) is 41.2 Å². The van der Waals surface area contributed by atoms with Crippen molar-refractivity contribution in [3.63, 3.8) is 0 Å². The summed E-state index contributed by atoms with van der Waals surface area (Å²) in [6.45, 7) is 6.53. The fraction of sp³-hybridized carbons (Fsp3) is 0.345. The third-order valence-corrected chi connectivity index (χ3v) is 7.38. The molecule has 7 heteroatoms. The van der Waals surface area contributed by atoms with Crippen LogP contribution in [0.15, 0.2) is 65.1 Å². The molecule has 0 fully saturated rings. The highest BCUT2D eigenvalue weighted by molar-refractivity contribution is 9.10. The third kappa shape index (κ3) is 5.46. The molecule has 1 N–H and O–H groups in total. The first kappa shape index (κ1) is 25.9. The second-order valence-corrected chi connectivity index (χ2v) is 10.3. The number of benzene rings is 3. The Morgan fingerprint density at radius 1 is 1.03 bits per heavy atom. The average molecular weight is 550 g/mol. The molecule has 1 heterocycles. The highest BCUT2D eigenvalue weighted by atomic mass is 79.9. The molecule has 0 saturated carbocycles. The molecule has 1 aliphatic rings. The molecule has 0 aromatic heterocycles. The minimum Gasteiger partial charge on any atom is -0.352 e. The van der Waals surface area contributed by atoms with Gasteiger partial charge in [0.05, 0.1) is 5.69 Å². The van der Waals surface area contributed by atoms with Gasteiger partial charge in [0, 0.05) is 41.0 Å². The smallest absolute Gasteiger partial charge is 0.258 e. The fourth-order valence-corrected chi connectivity index (χ4v) is 4.83. The molecule has 2 atom stereocenters. The first-order valence-electron chi connectivity index (χ1n) is 12.5. The van der Waals surface area contributed by atoms with Crippen molar-refractivity contribution in [1.82, 2.24) is 10.2 Å². The van der Waals surface area contributed by atoms with Crippen molar-refractivity contribution in [2.75, 3.05) is 11.4 Å². The molecule has 0 aliphatic carbocycles. The molecule has 3 aromatic rings. The van der Waals surface area contributed by atoms with E-state index < -0.39 is 6.04 Å². The number of nitrogens with zero attached hydrogens (tertiary/aromatic N) is 2. The highest BCUT2D eigenvalue weighted by Crippen LogP contribution is 2.37. The Hall–Kier alpha value is -3.19. The number of rotatable bonds is 10. The quantitative estimate of drug-likeness (QED) is 0.354. The lowest BCUT2D eigenvalue weighted by atomic mass is 10.1. The normalized spacial score (nSPS) is 14.1. The van der Waals surface area contributed by atoms with E-state index in [0.717, 1.165) is 32.9 Å². The van der Waals surface area contributed by atoms with Crippen LogP contribution in [0.1, 0.15) is 56.0 Å². The number of hydrogen-bond donors (Lipinski definition) is 1. The Morgan fingerprint density at radius 3 is 2.42 bits per heavy atom. The average Bonchev–Trinajstić information content (AvgIpc) is 3.15. The molecular weight excluding hydrogens is 518 g/mol. The maximum atomic E-state index is 13.4.